The Morgan fingerprint density at radius 1 is 1.40 bits per heavy atom. The molecule has 0 amide bonds. The van der Waals surface area contributed by atoms with Crippen molar-refractivity contribution in [3.63, 3.8) is 0 Å². The second kappa shape index (κ2) is 5.63. The topological polar surface area (TPSA) is 46.2 Å². The number of hydrogen-bond acceptors (Lipinski definition) is 4. The molecule has 0 saturated carbocycles. The lowest BCUT2D eigenvalue weighted by Crippen LogP contribution is -2.17. The summed E-state index contributed by atoms with van der Waals surface area (Å²) in [6.45, 7) is 3.67. The van der Waals surface area contributed by atoms with E-state index in [1.54, 1.807) is 11.3 Å². The highest BCUT2D eigenvalue weighted by Gasteiger charge is 2.01. The van der Waals surface area contributed by atoms with E-state index in [4.69, 9.17) is 0 Å². The summed E-state index contributed by atoms with van der Waals surface area (Å²) in [7, 11) is -2.80. The Morgan fingerprint density at radius 2 is 2.13 bits per heavy atom. The average Bonchev–Trinajstić information content (AvgIpc) is 2.49. The van der Waals surface area contributed by atoms with Gasteiger partial charge in [-0.1, -0.05) is 0 Å². The number of hydrogen-bond donors (Lipinski definition) is 1. The number of sulfone groups is 1. The SMILES string of the molecule is Cc1ccc(CNCCCS(C)(=O)=O)s1. The van der Waals surface area contributed by atoms with Crippen LogP contribution in [0.3, 0.4) is 0 Å². The van der Waals surface area contributed by atoms with Crippen LogP contribution in [0.2, 0.25) is 0 Å². The molecule has 0 aliphatic carbocycles. The average molecular weight is 247 g/mol. The molecule has 0 saturated heterocycles. The van der Waals surface area contributed by atoms with Gasteiger partial charge in [-0.2, -0.15) is 0 Å². The molecule has 0 aliphatic rings. The summed E-state index contributed by atoms with van der Waals surface area (Å²) >= 11 is 1.77. The summed E-state index contributed by atoms with van der Waals surface area (Å²) in [5.74, 6) is 0.267. The molecule has 0 fully saturated rings. The largest absolute Gasteiger partial charge is 0.312 e. The highest BCUT2D eigenvalue weighted by Crippen LogP contribution is 2.14. The number of nitrogens with one attached hydrogen (secondary N) is 1. The molecule has 0 bridgehead atoms. The van der Waals surface area contributed by atoms with Gasteiger partial charge in [0.25, 0.3) is 0 Å². The van der Waals surface area contributed by atoms with Gasteiger partial charge in [0.1, 0.15) is 9.84 Å². The first-order chi connectivity index (χ1) is 6.97. The molecule has 3 nitrogen and oxygen atoms in total. The minimum atomic E-state index is -2.80. The van der Waals surface area contributed by atoms with Crippen LogP contribution in [0.1, 0.15) is 16.2 Å². The Kier molecular flexibility index (Phi) is 4.76. The van der Waals surface area contributed by atoms with E-state index in [0.717, 1.165) is 13.1 Å². The number of thiophene rings is 1. The highest BCUT2D eigenvalue weighted by molar-refractivity contribution is 7.90. The molecule has 86 valence electrons. The van der Waals surface area contributed by atoms with Crippen LogP contribution in [0.5, 0.6) is 0 Å². The van der Waals surface area contributed by atoms with Crippen molar-refractivity contribution in [3.8, 4) is 0 Å². The molecule has 0 radical (unpaired) electrons. The first kappa shape index (κ1) is 12.7. The van der Waals surface area contributed by atoms with Crippen molar-refractivity contribution in [3.05, 3.63) is 21.9 Å². The van der Waals surface area contributed by atoms with Crippen molar-refractivity contribution >= 4 is 21.2 Å². The summed E-state index contributed by atoms with van der Waals surface area (Å²) in [6.07, 6.45) is 1.96. The van der Waals surface area contributed by atoms with E-state index >= 15 is 0 Å². The minimum absolute atomic E-state index is 0.267. The molecule has 0 aromatic carbocycles. The third-order valence-electron chi connectivity index (χ3n) is 1.96. The van der Waals surface area contributed by atoms with E-state index < -0.39 is 9.84 Å². The number of aryl methyl sites for hydroxylation is 1. The smallest absolute Gasteiger partial charge is 0.147 e. The first-order valence-electron chi connectivity index (χ1n) is 4.91. The molecule has 1 aromatic rings. The van der Waals surface area contributed by atoms with E-state index in [1.165, 1.54) is 16.0 Å². The van der Waals surface area contributed by atoms with Crippen LogP contribution >= 0.6 is 11.3 Å². The molecule has 0 spiro atoms. The molecule has 1 aromatic heterocycles. The predicted octanol–water partition coefficient (Wildman–Crippen LogP) is 1.58. The molecule has 1 N–H and O–H groups in total. The first-order valence-corrected chi connectivity index (χ1v) is 7.79. The van der Waals surface area contributed by atoms with Crippen molar-refractivity contribution < 1.29 is 8.42 Å². The van der Waals surface area contributed by atoms with E-state index in [2.05, 4.69) is 24.4 Å². The van der Waals surface area contributed by atoms with Crippen LogP contribution < -0.4 is 5.32 Å². The lowest BCUT2D eigenvalue weighted by atomic mass is 10.4. The Labute approximate surface area is 95.4 Å². The quantitative estimate of drug-likeness (QED) is 0.776. The van der Waals surface area contributed by atoms with Crippen molar-refractivity contribution in [1.29, 1.82) is 0 Å². The Balaban J connectivity index is 2.12. The van der Waals surface area contributed by atoms with Gasteiger partial charge in [-0.3, -0.25) is 0 Å². The lowest BCUT2D eigenvalue weighted by molar-refractivity contribution is 0.594. The van der Waals surface area contributed by atoms with Gasteiger partial charge in [-0.05, 0) is 32.0 Å². The van der Waals surface area contributed by atoms with E-state index in [1.807, 2.05) is 0 Å². The standard InChI is InChI=1S/C10H17NO2S2/c1-9-4-5-10(14-9)8-11-6-3-7-15(2,12)13/h4-5,11H,3,6-8H2,1-2H3. The van der Waals surface area contributed by atoms with Crippen LogP contribution in [-0.2, 0) is 16.4 Å². The number of rotatable bonds is 6. The fraction of sp³-hybridized carbons (Fsp3) is 0.600. The summed E-state index contributed by atoms with van der Waals surface area (Å²) in [5, 5.41) is 3.23. The third-order valence-corrected chi connectivity index (χ3v) is 3.99. The van der Waals surface area contributed by atoms with Gasteiger partial charge in [0.2, 0.25) is 0 Å². The van der Waals surface area contributed by atoms with Gasteiger partial charge in [0.15, 0.2) is 0 Å². The van der Waals surface area contributed by atoms with Gasteiger partial charge in [-0.15, -0.1) is 11.3 Å². The fourth-order valence-corrected chi connectivity index (χ4v) is 2.78. The summed E-state index contributed by atoms with van der Waals surface area (Å²) in [5.41, 5.74) is 0. The zero-order valence-electron chi connectivity index (χ0n) is 9.12. The zero-order chi connectivity index (χ0) is 11.3. The predicted molar refractivity (Wildman–Crippen MR) is 65.1 cm³/mol. The van der Waals surface area contributed by atoms with Crippen LogP contribution in [0.15, 0.2) is 12.1 Å². The van der Waals surface area contributed by atoms with Gasteiger partial charge < -0.3 is 5.32 Å². The maximum Gasteiger partial charge on any atom is 0.147 e. The molecule has 1 heterocycles. The lowest BCUT2D eigenvalue weighted by Gasteiger charge is -2.01. The molecular weight excluding hydrogens is 230 g/mol. The molecular formula is C10H17NO2S2. The molecule has 5 heteroatoms. The molecule has 0 aliphatic heterocycles. The van der Waals surface area contributed by atoms with Crippen LogP contribution in [0.4, 0.5) is 0 Å². The maximum absolute atomic E-state index is 10.8. The van der Waals surface area contributed by atoms with Gasteiger partial charge >= 0.3 is 0 Å². The Morgan fingerprint density at radius 3 is 2.67 bits per heavy atom. The second-order valence-electron chi connectivity index (χ2n) is 3.67. The molecule has 15 heavy (non-hydrogen) atoms. The Bertz CT molecular complexity index is 395. The second-order valence-corrected chi connectivity index (χ2v) is 7.30. The zero-order valence-corrected chi connectivity index (χ0v) is 10.7. The van der Waals surface area contributed by atoms with Crippen molar-refractivity contribution in [2.75, 3.05) is 18.6 Å². The fourth-order valence-electron chi connectivity index (χ4n) is 1.25. The summed E-state index contributed by atoms with van der Waals surface area (Å²) in [6, 6.07) is 4.20. The summed E-state index contributed by atoms with van der Waals surface area (Å²) in [4.78, 5) is 2.61. The molecule has 0 atom stereocenters. The van der Waals surface area contributed by atoms with Gasteiger partial charge in [0.05, 0.1) is 5.75 Å². The van der Waals surface area contributed by atoms with Crippen LogP contribution in [0, 0.1) is 6.92 Å². The third kappa shape index (κ3) is 5.92. The minimum Gasteiger partial charge on any atom is -0.312 e. The van der Waals surface area contributed by atoms with Gasteiger partial charge in [0, 0.05) is 22.6 Å². The summed E-state index contributed by atoms with van der Waals surface area (Å²) < 4.78 is 21.7. The van der Waals surface area contributed by atoms with Crippen molar-refractivity contribution in [2.24, 2.45) is 0 Å². The van der Waals surface area contributed by atoms with E-state index in [0.29, 0.717) is 6.42 Å². The molecule has 1 rings (SSSR count). The van der Waals surface area contributed by atoms with E-state index in [9.17, 15) is 8.42 Å². The van der Waals surface area contributed by atoms with E-state index in [-0.39, 0.29) is 5.75 Å². The van der Waals surface area contributed by atoms with Crippen LogP contribution in [-0.4, -0.2) is 27.0 Å². The maximum atomic E-state index is 10.8. The van der Waals surface area contributed by atoms with Crippen molar-refractivity contribution in [2.45, 2.75) is 19.9 Å². The van der Waals surface area contributed by atoms with Crippen LogP contribution in [0.25, 0.3) is 0 Å². The van der Waals surface area contributed by atoms with Gasteiger partial charge in [-0.25, -0.2) is 8.42 Å². The highest BCUT2D eigenvalue weighted by atomic mass is 32.2. The Hall–Kier alpha value is -0.390. The monoisotopic (exact) mass is 247 g/mol. The van der Waals surface area contributed by atoms with Crippen molar-refractivity contribution in [1.82, 2.24) is 5.32 Å². The normalized spacial score (nSPS) is 11.9. The molecule has 0 unspecified atom stereocenters.